The fourth-order valence-electron chi connectivity index (χ4n) is 2.46. The molecule has 0 atom stereocenters. The molecule has 1 aromatic rings. The van der Waals surface area contributed by atoms with E-state index in [9.17, 15) is 14.0 Å². The Morgan fingerprint density at radius 3 is 2.48 bits per heavy atom. The number of hydrogen-bond donors (Lipinski definition) is 0. The van der Waals surface area contributed by atoms with Gasteiger partial charge in [-0.15, -0.1) is 0 Å². The van der Waals surface area contributed by atoms with E-state index < -0.39 is 0 Å². The topological polar surface area (TPSA) is 40.6 Å². The highest BCUT2D eigenvalue weighted by Gasteiger charge is 2.36. The van der Waals surface area contributed by atoms with Gasteiger partial charge in [-0.1, -0.05) is 12.1 Å². The average molecular weight is 306 g/mol. The van der Waals surface area contributed by atoms with Gasteiger partial charge in [-0.2, -0.15) is 0 Å². The zero-order valence-electron chi connectivity index (χ0n) is 11.4. The van der Waals surface area contributed by atoms with E-state index in [4.69, 9.17) is 0 Å². The van der Waals surface area contributed by atoms with Gasteiger partial charge >= 0.3 is 0 Å². The van der Waals surface area contributed by atoms with Crippen LogP contribution in [-0.2, 0) is 4.79 Å². The van der Waals surface area contributed by atoms with Crippen LogP contribution in [-0.4, -0.2) is 40.7 Å². The van der Waals surface area contributed by atoms with Gasteiger partial charge in [-0.05, 0) is 61.5 Å². The van der Waals surface area contributed by atoms with Crippen molar-refractivity contribution in [1.29, 1.82) is 0 Å². The molecule has 4 nitrogen and oxygen atoms in total. The maximum absolute atomic E-state index is 12.9. The third-order valence-electron chi connectivity index (χ3n) is 3.58. The first-order valence-electron chi connectivity index (χ1n) is 6.87. The van der Waals surface area contributed by atoms with Crippen molar-refractivity contribution in [3.05, 3.63) is 40.6 Å². The molecule has 2 fully saturated rings. The van der Waals surface area contributed by atoms with Gasteiger partial charge < -0.3 is 0 Å². The summed E-state index contributed by atoms with van der Waals surface area (Å²) in [6.07, 6.45) is 3.86. The van der Waals surface area contributed by atoms with E-state index in [1.54, 1.807) is 18.2 Å². The Morgan fingerprint density at radius 2 is 1.81 bits per heavy atom. The molecule has 2 amide bonds. The first-order valence-corrected chi connectivity index (χ1v) is 7.68. The lowest BCUT2D eigenvalue weighted by Crippen LogP contribution is -2.38. The van der Waals surface area contributed by atoms with Crippen molar-refractivity contribution in [3.63, 3.8) is 0 Å². The van der Waals surface area contributed by atoms with E-state index in [0.717, 1.165) is 37.7 Å². The summed E-state index contributed by atoms with van der Waals surface area (Å²) < 4.78 is 12.9. The molecule has 0 aromatic heterocycles. The third kappa shape index (κ3) is 3.16. The third-order valence-corrected chi connectivity index (χ3v) is 4.49. The Morgan fingerprint density at radius 1 is 1.14 bits per heavy atom. The maximum atomic E-state index is 12.9. The van der Waals surface area contributed by atoms with Gasteiger partial charge in [0, 0.05) is 0 Å². The Hall–Kier alpha value is -1.66. The number of hydrogen-bond acceptors (Lipinski definition) is 4. The summed E-state index contributed by atoms with van der Waals surface area (Å²) >= 11 is 0.942. The Kier molecular flexibility index (Phi) is 4.07. The van der Waals surface area contributed by atoms with Gasteiger partial charge in [-0.3, -0.25) is 19.4 Å². The smallest absolute Gasteiger partial charge is 0.286 e. The molecule has 21 heavy (non-hydrogen) atoms. The van der Waals surface area contributed by atoms with Crippen LogP contribution in [0.1, 0.15) is 18.4 Å². The summed E-state index contributed by atoms with van der Waals surface area (Å²) in [7, 11) is 0. The molecule has 0 radical (unpaired) electrons. The molecule has 0 saturated carbocycles. The lowest BCUT2D eigenvalue weighted by atomic mass is 10.2. The quantitative estimate of drug-likeness (QED) is 0.805. The summed E-state index contributed by atoms with van der Waals surface area (Å²) in [6, 6.07) is 5.84. The number of halogens is 1. The van der Waals surface area contributed by atoms with Crippen LogP contribution in [0.4, 0.5) is 9.18 Å². The number of thioether (sulfide) groups is 1. The molecule has 0 spiro atoms. The summed E-state index contributed by atoms with van der Waals surface area (Å²) in [5, 5.41) is -0.236. The van der Waals surface area contributed by atoms with Gasteiger partial charge in [0.05, 0.1) is 11.6 Å². The summed E-state index contributed by atoms with van der Waals surface area (Å²) in [6.45, 7) is 2.23. The van der Waals surface area contributed by atoms with E-state index in [0.29, 0.717) is 17.1 Å². The van der Waals surface area contributed by atoms with E-state index in [2.05, 4.69) is 4.90 Å². The number of amides is 2. The van der Waals surface area contributed by atoms with Crippen molar-refractivity contribution < 1.29 is 14.0 Å². The zero-order valence-corrected chi connectivity index (χ0v) is 12.2. The van der Waals surface area contributed by atoms with E-state index in [-0.39, 0.29) is 17.0 Å². The fourth-order valence-corrected chi connectivity index (χ4v) is 3.29. The molecule has 1 aromatic carbocycles. The maximum Gasteiger partial charge on any atom is 0.294 e. The van der Waals surface area contributed by atoms with Crippen molar-refractivity contribution >= 4 is 29.0 Å². The van der Waals surface area contributed by atoms with Crippen LogP contribution in [0.5, 0.6) is 0 Å². The van der Waals surface area contributed by atoms with Crippen molar-refractivity contribution in [1.82, 2.24) is 9.80 Å². The van der Waals surface area contributed by atoms with Crippen LogP contribution in [0.15, 0.2) is 29.2 Å². The molecule has 2 saturated heterocycles. The van der Waals surface area contributed by atoms with Crippen molar-refractivity contribution in [2.45, 2.75) is 12.8 Å². The van der Waals surface area contributed by atoms with E-state index in [1.807, 2.05) is 0 Å². The minimum absolute atomic E-state index is 0.236. The number of nitrogens with zero attached hydrogens (tertiary/aromatic N) is 2. The number of carbonyl (C=O) groups excluding carboxylic acids is 2. The molecule has 6 heteroatoms. The standard InChI is InChI=1S/C15H15FN2O2S/c16-12-5-3-11(4-6-12)9-13-14(19)18(15(20)21-13)10-17-7-1-2-8-17/h3-6,9H,1-2,7-8,10H2/b13-9-. The second-order valence-electron chi connectivity index (χ2n) is 5.13. The number of rotatable bonds is 3. The summed E-state index contributed by atoms with van der Waals surface area (Å²) in [5.74, 6) is -0.587. The molecule has 2 heterocycles. The van der Waals surface area contributed by atoms with Gasteiger partial charge in [0.1, 0.15) is 5.82 Å². The molecule has 0 aliphatic carbocycles. The minimum Gasteiger partial charge on any atom is -0.286 e. The predicted octanol–water partition coefficient (Wildman–Crippen LogP) is 2.92. The largest absolute Gasteiger partial charge is 0.294 e. The van der Waals surface area contributed by atoms with Crippen LogP contribution >= 0.6 is 11.8 Å². The highest BCUT2D eigenvalue weighted by Crippen LogP contribution is 2.32. The molecule has 0 bridgehead atoms. The van der Waals surface area contributed by atoms with Crippen LogP contribution in [0.25, 0.3) is 6.08 Å². The number of carbonyl (C=O) groups is 2. The number of likely N-dealkylation sites (tertiary alicyclic amines) is 1. The Bertz CT molecular complexity index is 594. The lowest BCUT2D eigenvalue weighted by molar-refractivity contribution is -0.124. The van der Waals surface area contributed by atoms with Gasteiger partial charge in [0.25, 0.3) is 11.1 Å². The fraction of sp³-hybridized carbons (Fsp3) is 0.333. The van der Waals surface area contributed by atoms with Crippen molar-refractivity contribution in [3.8, 4) is 0 Å². The van der Waals surface area contributed by atoms with Crippen LogP contribution in [0.3, 0.4) is 0 Å². The normalized spacial score (nSPS) is 21.8. The lowest BCUT2D eigenvalue weighted by Gasteiger charge is -2.20. The van der Waals surface area contributed by atoms with Crippen LogP contribution in [0.2, 0.25) is 0 Å². The SMILES string of the molecule is O=C1S/C(=C\c2ccc(F)cc2)C(=O)N1CN1CCCC1. The second kappa shape index (κ2) is 5.99. The molecule has 0 unspecified atom stereocenters. The molecular formula is C15H15FN2O2S. The zero-order chi connectivity index (χ0) is 14.8. The minimum atomic E-state index is -0.325. The van der Waals surface area contributed by atoms with E-state index in [1.165, 1.54) is 17.0 Å². The van der Waals surface area contributed by atoms with Gasteiger partial charge in [-0.25, -0.2) is 4.39 Å². The Balaban J connectivity index is 1.74. The number of benzene rings is 1. The molecule has 3 rings (SSSR count). The molecule has 110 valence electrons. The molecule has 0 N–H and O–H groups in total. The number of imide groups is 1. The first-order chi connectivity index (χ1) is 10.1. The van der Waals surface area contributed by atoms with Crippen LogP contribution < -0.4 is 0 Å². The molecular weight excluding hydrogens is 291 g/mol. The van der Waals surface area contributed by atoms with Gasteiger partial charge in [0.15, 0.2) is 0 Å². The van der Waals surface area contributed by atoms with Crippen molar-refractivity contribution in [2.75, 3.05) is 19.8 Å². The van der Waals surface area contributed by atoms with E-state index >= 15 is 0 Å². The first kappa shape index (κ1) is 14.3. The summed E-state index contributed by atoms with van der Waals surface area (Å²) in [4.78, 5) is 28.0. The Labute approximate surface area is 126 Å². The van der Waals surface area contributed by atoms with Crippen LogP contribution in [0, 0.1) is 5.82 Å². The summed E-state index contributed by atoms with van der Waals surface area (Å²) in [5.41, 5.74) is 0.711. The van der Waals surface area contributed by atoms with Crippen molar-refractivity contribution in [2.24, 2.45) is 0 Å². The molecule has 2 aliphatic rings. The monoisotopic (exact) mass is 306 g/mol. The average Bonchev–Trinajstić information content (AvgIpc) is 3.06. The second-order valence-corrected chi connectivity index (χ2v) is 6.12. The highest BCUT2D eigenvalue weighted by atomic mass is 32.2. The highest BCUT2D eigenvalue weighted by molar-refractivity contribution is 8.18. The molecule has 2 aliphatic heterocycles. The van der Waals surface area contributed by atoms with Gasteiger partial charge in [0.2, 0.25) is 0 Å². The predicted molar refractivity (Wildman–Crippen MR) is 79.9 cm³/mol.